The molecule has 5 heteroatoms. The molecule has 132 valence electrons. The number of carbonyl (C=O) groups excluding carboxylic acids is 1. The second-order valence-electron chi connectivity index (χ2n) is 5.53. The maximum absolute atomic E-state index is 12.3. The number of ether oxygens (including phenoxy) is 3. The maximum Gasteiger partial charge on any atom is 0.343 e. The van der Waals surface area contributed by atoms with E-state index in [0.717, 1.165) is 11.1 Å². The van der Waals surface area contributed by atoms with Gasteiger partial charge >= 0.3 is 5.97 Å². The Bertz CT molecular complexity index is 899. The molecule has 0 heterocycles. The molecule has 5 nitrogen and oxygen atoms in total. The smallest absolute Gasteiger partial charge is 0.343 e. The number of aromatic hydroxyl groups is 1. The Labute approximate surface area is 151 Å². The Morgan fingerprint density at radius 2 is 1.35 bits per heavy atom. The van der Waals surface area contributed by atoms with E-state index in [1.54, 1.807) is 42.5 Å². The molecule has 0 saturated heterocycles. The minimum absolute atomic E-state index is 0.217. The molecular weight excluding hydrogens is 332 g/mol. The van der Waals surface area contributed by atoms with Crippen molar-refractivity contribution >= 4 is 5.97 Å². The van der Waals surface area contributed by atoms with Crippen molar-refractivity contribution < 1.29 is 24.1 Å². The summed E-state index contributed by atoms with van der Waals surface area (Å²) in [5.41, 5.74) is 2.28. The molecule has 0 aromatic heterocycles. The monoisotopic (exact) mass is 350 g/mol. The Hall–Kier alpha value is -3.47. The molecule has 0 radical (unpaired) electrons. The zero-order valence-corrected chi connectivity index (χ0v) is 14.4. The largest absolute Gasteiger partial charge is 0.508 e. The molecule has 0 amide bonds. The molecule has 0 aliphatic carbocycles. The summed E-state index contributed by atoms with van der Waals surface area (Å²) in [6, 6.07) is 18.9. The summed E-state index contributed by atoms with van der Waals surface area (Å²) in [7, 11) is 3.04. The fourth-order valence-electron chi connectivity index (χ4n) is 2.50. The van der Waals surface area contributed by atoms with Crippen molar-refractivity contribution in [3.05, 3.63) is 72.3 Å². The minimum Gasteiger partial charge on any atom is -0.508 e. The lowest BCUT2D eigenvalue weighted by atomic mass is 10.1. The normalized spacial score (nSPS) is 10.2. The van der Waals surface area contributed by atoms with Gasteiger partial charge in [0, 0.05) is 0 Å². The van der Waals surface area contributed by atoms with E-state index >= 15 is 0 Å². The van der Waals surface area contributed by atoms with E-state index in [1.807, 2.05) is 24.3 Å². The zero-order chi connectivity index (χ0) is 18.5. The average molecular weight is 350 g/mol. The third-order valence-electron chi connectivity index (χ3n) is 3.88. The Balaban J connectivity index is 1.74. The number of hydrogen-bond acceptors (Lipinski definition) is 5. The minimum atomic E-state index is -0.483. The van der Waals surface area contributed by atoms with Crippen molar-refractivity contribution in [2.24, 2.45) is 0 Å². The molecule has 0 bridgehead atoms. The standard InChI is InChI=1S/C21H18O5/c1-24-19-12-7-16(13-20(19)25-2)21(23)26-18-10-5-15(6-11-18)14-3-8-17(22)9-4-14/h3-13,22H,1-2H3. The van der Waals surface area contributed by atoms with Crippen LogP contribution in [0.5, 0.6) is 23.0 Å². The summed E-state index contributed by atoms with van der Waals surface area (Å²) in [6.45, 7) is 0. The van der Waals surface area contributed by atoms with Gasteiger partial charge in [-0.2, -0.15) is 0 Å². The van der Waals surface area contributed by atoms with Gasteiger partial charge in [-0.15, -0.1) is 0 Å². The molecule has 0 saturated carbocycles. The van der Waals surface area contributed by atoms with E-state index in [0.29, 0.717) is 22.8 Å². The summed E-state index contributed by atoms with van der Waals surface area (Å²) in [4.78, 5) is 12.3. The fraction of sp³-hybridized carbons (Fsp3) is 0.0952. The summed E-state index contributed by atoms with van der Waals surface area (Å²) in [5.74, 6) is 1.18. The van der Waals surface area contributed by atoms with Gasteiger partial charge in [0.2, 0.25) is 0 Å². The van der Waals surface area contributed by atoms with Gasteiger partial charge in [-0.25, -0.2) is 4.79 Å². The lowest BCUT2D eigenvalue weighted by Gasteiger charge is -2.10. The number of phenolic OH excluding ortho intramolecular Hbond substituents is 1. The molecule has 0 aliphatic rings. The van der Waals surface area contributed by atoms with Crippen LogP contribution in [0, 0.1) is 0 Å². The Kier molecular flexibility index (Phi) is 5.08. The van der Waals surface area contributed by atoms with Crippen LogP contribution in [-0.4, -0.2) is 25.3 Å². The van der Waals surface area contributed by atoms with Gasteiger partial charge in [-0.05, 0) is 53.6 Å². The Morgan fingerprint density at radius 1 is 0.769 bits per heavy atom. The van der Waals surface area contributed by atoms with Crippen LogP contribution in [-0.2, 0) is 0 Å². The zero-order valence-electron chi connectivity index (χ0n) is 14.4. The van der Waals surface area contributed by atoms with E-state index < -0.39 is 5.97 Å². The van der Waals surface area contributed by atoms with Crippen molar-refractivity contribution in [3.63, 3.8) is 0 Å². The van der Waals surface area contributed by atoms with Crippen molar-refractivity contribution in [2.45, 2.75) is 0 Å². The van der Waals surface area contributed by atoms with Crippen molar-refractivity contribution in [2.75, 3.05) is 14.2 Å². The molecular formula is C21H18O5. The number of carbonyl (C=O) groups is 1. The predicted octanol–water partition coefficient (Wildman–Crippen LogP) is 4.30. The van der Waals surface area contributed by atoms with Crippen LogP contribution in [0.1, 0.15) is 10.4 Å². The molecule has 0 atom stereocenters. The molecule has 3 rings (SSSR count). The first kappa shape index (κ1) is 17.4. The fourth-order valence-corrected chi connectivity index (χ4v) is 2.50. The predicted molar refractivity (Wildman–Crippen MR) is 98.0 cm³/mol. The van der Waals surface area contributed by atoms with E-state index in [2.05, 4.69) is 0 Å². The van der Waals surface area contributed by atoms with Gasteiger partial charge in [-0.3, -0.25) is 0 Å². The van der Waals surface area contributed by atoms with Gasteiger partial charge in [0.1, 0.15) is 11.5 Å². The van der Waals surface area contributed by atoms with E-state index in [9.17, 15) is 9.90 Å². The highest BCUT2D eigenvalue weighted by Gasteiger charge is 2.13. The molecule has 0 spiro atoms. The highest BCUT2D eigenvalue weighted by Crippen LogP contribution is 2.28. The van der Waals surface area contributed by atoms with Crippen LogP contribution in [0.15, 0.2) is 66.7 Å². The molecule has 3 aromatic rings. The number of hydrogen-bond donors (Lipinski definition) is 1. The summed E-state index contributed by atoms with van der Waals surface area (Å²) in [5, 5.41) is 9.35. The highest BCUT2D eigenvalue weighted by molar-refractivity contribution is 5.92. The summed E-state index contributed by atoms with van der Waals surface area (Å²) < 4.78 is 15.8. The second kappa shape index (κ2) is 7.61. The van der Waals surface area contributed by atoms with Gasteiger partial charge in [0.15, 0.2) is 11.5 Å². The van der Waals surface area contributed by atoms with Gasteiger partial charge in [0.05, 0.1) is 19.8 Å². The number of methoxy groups -OCH3 is 2. The number of esters is 1. The average Bonchev–Trinajstić information content (AvgIpc) is 2.68. The van der Waals surface area contributed by atoms with Crippen molar-refractivity contribution in [1.29, 1.82) is 0 Å². The first-order valence-corrected chi connectivity index (χ1v) is 7.94. The highest BCUT2D eigenvalue weighted by atomic mass is 16.5. The SMILES string of the molecule is COc1ccc(C(=O)Oc2ccc(-c3ccc(O)cc3)cc2)cc1OC. The number of benzene rings is 3. The molecule has 0 fully saturated rings. The van der Waals surface area contributed by atoms with Crippen LogP contribution >= 0.6 is 0 Å². The first-order valence-electron chi connectivity index (χ1n) is 7.94. The number of phenols is 1. The Morgan fingerprint density at radius 3 is 1.92 bits per heavy atom. The molecule has 0 aliphatic heterocycles. The van der Waals surface area contributed by atoms with Gasteiger partial charge in [-0.1, -0.05) is 24.3 Å². The van der Waals surface area contributed by atoms with Crippen LogP contribution in [0.4, 0.5) is 0 Å². The quantitative estimate of drug-likeness (QED) is 0.549. The second-order valence-corrected chi connectivity index (χ2v) is 5.53. The third-order valence-corrected chi connectivity index (χ3v) is 3.88. The van der Waals surface area contributed by atoms with Gasteiger partial charge in [0.25, 0.3) is 0 Å². The lowest BCUT2D eigenvalue weighted by Crippen LogP contribution is -2.08. The van der Waals surface area contributed by atoms with Gasteiger partial charge < -0.3 is 19.3 Å². The van der Waals surface area contributed by atoms with Crippen LogP contribution in [0.2, 0.25) is 0 Å². The van der Waals surface area contributed by atoms with Crippen molar-refractivity contribution in [3.8, 4) is 34.1 Å². The van der Waals surface area contributed by atoms with Crippen LogP contribution in [0.25, 0.3) is 11.1 Å². The molecule has 0 unspecified atom stereocenters. The van der Waals surface area contributed by atoms with E-state index in [1.165, 1.54) is 14.2 Å². The summed E-state index contributed by atoms with van der Waals surface area (Å²) in [6.07, 6.45) is 0. The molecule has 3 aromatic carbocycles. The van der Waals surface area contributed by atoms with E-state index in [4.69, 9.17) is 14.2 Å². The van der Waals surface area contributed by atoms with E-state index in [-0.39, 0.29) is 5.75 Å². The van der Waals surface area contributed by atoms with Crippen LogP contribution in [0.3, 0.4) is 0 Å². The molecule has 1 N–H and O–H groups in total. The maximum atomic E-state index is 12.3. The first-order chi connectivity index (χ1) is 12.6. The number of rotatable bonds is 5. The topological polar surface area (TPSA) is 65.0 Å². The third kappa shape index (κ3) is 3.78. The lowest BCUT2D eigenvalue weighted by molar-refractivity contribution is 0.0734. The van der Waals surface area contributed by atoms with Crippen molar-refractivity contribution in [1.82, 2.24) is 0 Å². The van der Waals surface area contributed by atoms with Crippen LogP contribution < -0.4 is 14.2 Å². The molecule has 26 heavy (non-hydrogen) atoms. The summed E-state index contributed by atoms with van der Waals surface area (Å²) >= 11 is 0.